The van der Waals surface area contributed by atoms with Crippen molar-refractivity contribution in [3.05, 3.63) is 47.0 Å². The molecule has 2 aliphatic rings. The molecule has 130 valence electrons. The van der Waals surface area contributed by atoms with Gasteiger partial charge in [0.15, 0.2) is 17.0 Å². The SMILES string of the molecule is CN1CC=C2C(C#N)C(=N)C(C#N)(C#N)C(c3ccc(F)c(F)c3)[C@H]2C1. The van der Waals surface area contributed by atoms with E-state index in [0.29, 0.717) is 18.7 Å². The van der Waals surface area contributed by atoms with E-state index in [9.17, 15) is 24.6 Å². The molecule has 1 aliphatic heterocycles. The van der Waals surface area contributed by atoms with E-state index < -0.39 is 34.8 Å². The van der Waals surface area contributed by atoms with Crippen LogP contribution in [0.2, 0.25) is 0 Å². The van der Waals surface area contributed by atoms with Gasteiger partial charge in [-0.25, -0.2) is 8.78 Å². The van der Waals surface area contributed by atoms with Crippen LogP contribution in [0.25, 0.3) is 0 Å². The van der Waals surface area contributed by atoms with Gasteiger partial charge in [-0.3, -0.25) is 0 Å². The molecule has 0 aromatic heterocycles. The summed E-state index contributed by atoms with van der Waals surface area (Å²) < 4.78 is 27.3. The lowest BCUT2D eigenvalue weighted by Crippen LogP contribution is -2.52. The first-order valence-corrected chi connectivity index (χ1v) is 8.04. The number of likely N-dealkylation sites (N-methyl/N-ethyl adjacent to an activating group) is 1. The van der Waals surface area contributed by atoms with Crippen molar-refractivity contribution < 1.29 is 8.78 Å². The van der Waals surface area contributed by atoms with Crippen molar-refractivity contribution in [1.82, 2.24) is 4.90 Å². The van der Waals surface area contributed by atoms with Crippen molar-refractivity contribution in [3.8, 4) is 18.2 Å². The highest BCUT2D eigenvalue weighted by atomic mass is 19.2. The summed E-state index contributed by atoms with van der Waals surface area (Å²) >= 11 is 0. The van der Waals surface area contributed by atoms with Gasteiger partial charge in [0, 0.05) is 24.9 Å². The number of benzene rings is 1. The fourth-order valence-electron chi connectivity index (χ4n) is 4.03. The van der Waals surface area contributed by atoms with Crippen molar-refractivity contribution in [2.45, 2.75) is 5.92 Å². The third-order valence-corrected chi connectivity index (χ3v) is 5.28. The Morgan fingerprint density at radius 2 is 1.88 bits per heavy atom. The van der Waals surface area contributed by atoms with Crippen molar-refractivity contribution in [3.63, 3.8) is 0 Å². The van der Waals surface area contributed by atoms with Gasteiger partial charge < -0.3 is 10.3 Å². The highest BCUT2D eigenvalue weighted by Crippen LogP contribution is 2.53. The molecule has 7 heteroatoms. The molecule has 3 atom stereocenters. The molecule has 1 aromatic rings. The second-order valence-corrected chi connectivity index (χ2v) is 6.69. The van der Waals surface area contributed by atoms with E-state index in [-0.39, 0.29) is 11.3 Å². The molecule has 2 unspecified atom stereocenters. The van der Waals surface area contributed by atoms with Crippen LogP contribution >= 0.6 is 0 Å². The summed E-state index contributed by atoms with van der Waals surface area (Å²) in [6.45, 7) is 1.03. The number of halogens is 2. The minimum absolute atomic E-state index is 0.277. The number of nitrogens with zero attached hydrogens (tertiary/aromatic N) is 4. The summed E-state index contributed by atoms with van der Waals surface area (Å²) in [6, 6.07) is 9.15. The van der Waals surface area contributed by atoms with Crippen LogP contribution in [0, 0.1) is 68.3 Å². The summed E-state index contributed by atoms with van der Waals surface area (Å²) in [6.07, 6.45) is 1.84. The van der Waals surface area contributed by atoms with Gasteiger partial charge in [0.2, 0.25) is 0 Å². The smallest absolute Gasteiger partial charge is 0.189 e. The number of rotatable bonds is 1. The molecule has 1 aliphatic carbocycles. The van der Waals surface area contributed by atoms with Crippen LogP contribution in [0.1, 0.15) is 11.5 Å². The maximum absolute atomic E-state index is 13.9. The summed E-state index contributed by atoms with van der Waals surface area (Å²) in [5.74, 6) is -4.34. The maximum Gasteiger partial charge on any atom is 0.189 e. The largest absolute Gasteiger partial charge is 0.305 e. The average molecular weight is 351 g/mol. The molecule has 1 saturated carbocycles. The lowest BCUT2D eigenvalue weighted by atomic mass is 9.54. The van der Waals surface area contributed by atoms with Crippen molar-refractivity contribution in [2.24, 2.45) is 17.3 Å². The first-order chi connectivity index (χ1) is 12.4. The molecule has 0 amide bonds. The van der Waals surface area contributed by atoms with Gasteiger partial charge >= 0.3 is 0 Å². The number of hydrogen-bond donors (Lipinski definition) is 1. The van der Waals surface area contributed by atoms with Crippen LogP contribution in [-0.2, 0) is 0 Å². The van der Waals surface area contributed by atoms with E-state index in [1.54, 1.807) is 0 Å². The molecule has 1 heterocycles. The minimum Gasteiger partial charge on any atom is -0.305 e. The Balaban J connectivity index is 2.28. The van der Waals surface area contributed by atoms with Crippen LogP contribution in [0.5, 0.6) is 0 Å². The van der Waals surface area contributed by atoms with E-state index >= 15 is 0 Å². The normalized spacial score (nSPS) is 27.5. The molecule has 0 saturated heterocycles. The Labute approximate surface area is 149 Å². The fourth-order valence-corrected chi connectivity index (χ4v) is 4.03. The van der Waals surface area contributed by atoms with Crippen LogP contribution in [0.4, 0.5) is 8.78 Å². The maximum atomic E-state index is 13.9. The summed E-state index contributed by atoms with van der Waals surface area (Å²) in [5, 5.41) is 37.6. The van der Waals surface area contributed by atoms with E-state index in [0.717, 1.165) is 12.1 Å². The average Bonchev–Trinajstić information content (AvgIpc) is 2.63. The zero-order chi connectivity index (χ0) is 19.1. The summed E-state index contributed by atoms with van der Waals surface area (Å²) in [4.78, 5) is 1.96. The van der Waals surface area contributed by atoms with Gasteiger partial charge in [-0.1, -0.05) is 12.1 Å². The molecule has 3 rings (SSSR count). The number of nitrogens with one attached hydrogen (secondary N) is 1. The Morgan fingerprint density at radius 1 is 1.19 bits per heavy atom. The summed E-state index contributed by atoms with van der Waals surface area (Å²) in [7, 11) is 1.86. The predicted molar refractivity (Wildman–Crippen MR) is 88.7 cm³/mol. The van der Waals surface area contributed by atoms with Crippen LogP contribution in [0.15, 0.2) is 29.8 Å². The van der Waals surface area contributed by atoms with Crippen molar-refractivity contribution in [1.29, 1.82) is 21.2 Å². The van der Waals surface area contributed by atoms with Crippen LogP contribution in [-0.4, -0.2) is 30.7 Å². The minimum atomic E-state index is -1.91. The molecular weight excluding hydrogens is 336 g/mol. The quantitative estimate of drug-likeness (QED) is 0.787. The first kappa shape index (κ1) is 17.7. The van der Waals surface area contributed by atoms with Gasteiger partial charge in [-0.05, 0) is 30.3 Å². The van der Waals surface area contributed by atoms with Gasteiger partial charge in [0.1, 0.15) is 5.92 Å². The fraction of sp³-hybridized carbons (Fsp3) is 0.368. The molecule has 1 fully saturated rings. The van der Waals surface area contributed by atoms with Crippen LogP contribution < -0.4 is 0 Å². The third kappa shape index (κ3) is 2.39. The Morgan fingerprint density at radius 3 is 2.46 bits per heavy atom. The van der Waals surface area contributed by atoms with Gasteiger partial charge in [-0.2, -0.15) is 15.8 Å². The molecule has 0 radical (unpaired) electrons. The van der Waals surface area contributed by atoms with E-state index in [2.05, 4.69) is 0 Å². The molecule has 1 N–H and O–H groups in total. The molecule has 26 heavy (non-hydrogen) atoms. The Bertz CT molecular complexity index is 917. The van der Waals surface area contributed by atoms with Gasteiger partial charge in [0.25, 0.3) is 0 Å². The second-order valence-electron chi connectivity index (χ2n) is 6.69. The van der Waals surface area contributed by atoms with E-state index in [1.807, 2.05) is 36.2 Å². The molecule has 0 spiro atoms. The number of nitriles is 3. The number of fused-ring (bicyclic) bond motifs is 1. The van der Waals surface area contributed by atoms with Crippen molar-refractivity contribution >= 4 is 5.71 Å². The standard InChI is InChI=1S/C19H15F2N5/c1-26-5-4-12-13(7-22)18(25)19(9-23,10-24)17(14(12)8-26)11-2-3-15(20)16(21)6-11/h2-4,6,13-14,17,25H,5,8H2,1H3/t13?,14-,17?/m0/s1. The Kier molecular flexibility index (Phi) is 4.32. The van der Waals surface area contributed by atoms with Crippen molar-refractivity contribution in [2.75, 3.05) is 20.1 Å². The topological polar surface area (TPSA) is 98.5 Å². The zero-order valence-corrected chi connectivity index (χ0v) is 14.0. The van der Waals surface area contributed by atoms with E-state index in [1.165, 1.54) is 6.07 Å². The molecule has 5 nitrogen and oxygen atoms in total. The highest BCUT2D eigenvalue weighted by Gasteiger charge is 2.57. The molecule has 1 aromatic carbocycles. The monoisotopic (exact) mass is 351 g/mol. The van der Waals surface area contributed by atoms with Gasteiger partial charge in [-0.15, -0.1) is 0 Å². The lowest BCUT2D eigenvalue weighted by molar-refractivity contribution is 0.234. The van der Waals surface area contributed by atoms with Gasteiger partial charge in [0.05, 0.1) is 23.9 Å². The third-order valence-electron chi connectivity index (χ3n) is 5.28. The zero-order valence-electron chi connectivity index (χ0n) is 14.0. The molecular formula is C19H15F2N5. The molecule has 0 bridgehead atoms. The second kappa shape index (κ2) is 6.33. The highest BCUT2D eigenvalue weighted by molar-refractivity contribution is 6.00. The first-order valence-electron chi connectivity index (χ1n) is 8.04. The Hall–Kier alpha value is -3.08. The summed E-state index contributed by atoms with van der Waals surface area (Å²) in [5.41, 5.74) is -1.26. The van der Waals surface area contributed by atoms with E-state index in [4.69, 9.17) is 5.41 Å². The number of hydrogen-bond acceptors (Lipinski definition) is 5. The lowest BCUT2D eigenvalue weighted by Gasteiger charge is -2.47. The predicted octanol–water partition coefficient (Wildman–Crippen LogP) is 2.74. The van der Waals surface area contributed by atoms with Crippen LogP contribution in [0.3, 0.4) is 0 Å².